The fraction of sp³-hybridized carbons (Fsp3) is 0.250. The van der Waals surface area contributed by atoms with Gasteiger partial charge in [0.1, 0.15) is 0 Å². The maximum atomic E-state index is 12.2. The molecule has 0 bridgehead atoms. The van der Waals surface area contributed by atoms with Gasteiger partial charge in [0.2, 0.25) is 11.6 Å². The Kier molecular flexibility index (Phi) is 6.11. The zero-order chi connectivity index (χ0) is 19.9. The molecule has 1 heterocycles. The number of hydrogen-bond acceptors (Lipinski definition) is 8. The van der Waals surface area contributed by atoms with Gasteiger partial charge < -0.3 is 23.5 Å². The van der Waals surface area contributed by atoms with Crippen molar-refractivity contribution in [3.8, 4) is 28.6 Å². The number of rotatable bonds is 8. The normalized spacial score (nSPS) is 10.4. The van der Waals surface area contributed by atoms with E-state index in [2.05, 4.69) is 10.1 Å². The minimum Gasteiger partial charge on any atom is -0.493 e. The van der Waals surface area contributed by atoms with Gasteiger partial charge in [-0.15, -0.1) is 0 Å². The van der Waals surface area contributed by atoms with Crippen LogP contribution in [0.2, 0.25) is 0 Å². The second kappa shape index (κ2) is 8.90. The van der Waals surface area contributed by atoms with Crippen molar-refractivity contribution in [1.29, 1.82) is 0 Å². The highest BCUT2D eigenvalue weighted by Gasteiger charge is 2.16. The fourth-order valence-electron chi connectivity index (χ4n) is 2.62. The maximum absolute atomic E-state index is 12.2. The van der Waals surface area contributed by atoms with E-state index in [1.54, 1.807) is 12.1 Å². The van der Waals surface area contributed by atoms with Gasteiger partial charge in [-0.2, -0.15) is 4.98 Å². The summed E-state index contributed by atoms with van der Waals surface area (Å²) in [5.74, 6) is 1.60. The van der Waals surface area contributed by atoms with E-state index in [1.807, 2.05) is 30.3 Å². The van der Waals surface area contributed by atoms with Crippen molar-refractivity contribution in [2.75, 3.05) is 21.3 Å². The SMILES string of the molecule is COc1cc(CC(=O)OCc2nc(-c3ccccc3)no2)cc(OC)c1OC. The number of nitrogens with zero attached hydrogens (tertiary/aromatic N) is 2. The van der Waals surface area contributed by atoms with Crippen LogP contribution in [0.3, 0.4) is 0 Å². The molecule has 28 heavy (non-hydrogen) atoms. The highest BCUT2D eigenvalue weighted by atomic mass is 16.6. The molecular formula is C20H20N2O6. The summed E-state index contributed by atoms with van der Waals surface area (Å²) in [4.78, 5) is 16.4. The van der Waals surface area contributed by atoms with Gasteiger partial charge in [0.25, 0.3) is 5.89 Å². The van der Waals surface area contributed by atoms with Crippen LogP contribution in [0.15, 0.2) is 47.0 Å². The van der Waals surface area contributed by atoms with Crippen molar-refractivity contribution in [2.24, 2.45) is 0 Å². The summed E-state index contributed by atoms with van der Waals surface area (Å²) < 4.78 is 26.2. The molecule has 1 aromatic heterocycles. The van der Waals surface area contributed by atoms with E-state index in [9.17, 15) is 4.79 Å². The molecule has 0 saturated carbocycles. The van der Waals surface area contributed by atoms with Crippen LogP contribution in [-0.4, -0.2) is 37.4 Å². The van der Waals surface area contributed by atoms with Crippen LogP contribution in [0.4, 0.5) is 0 Å². The van der Waals surface area contributed by atoms with Gasteiger partial charge in [0.15, 0.2) is 18.1 Å². The molecule has 3 aromatic rings. The summed E-state index contributed by atoms with van der Waals surface area (Å²) in [6, 6.07) is 12.8. The summed E-state index contributed by atoms with van der Waals surface area (Å²) in [5.41, 5.74) is 1.48. The summed E-state index contributed by atoms with van der Waals surface area (Å²) in [5, 5.41) is 3.89. The first-order chi connectivity index (χ1) is 13.6. The molecule has 0 aliphatic carbocycles. The van der Waals surface area contributed by atoms with E-state index in [-0.39, 0.29) is 18.9 Å². The molecule has 8 nitrogen and oxygen atoms in total. The highest BCUT2D eigenvalue weighted by Crippen LogP contribution is 2.38. The molecule has 0 N–H and O–H groups in total. The lowest BCUT2D eigenvalue weighted by Gasteiger charge is -2.13. The van der Waals surface area contributed by atoms with Crippen molar-refractivity contribution in [3.05, 3.63) is 53.9 Å². The number of esters is 1. The molecule has 0 fully saturated rings. The van der Waals surface area contributed by atoms with Crippen LogP contribution >= 0.6 is 0 Å². The Morgan fingerprint density at radius 3 is 2.29 bits per heavy atom. The molecule has 0 radical (unpaired) electrons. The monoisotopic (exact) mass is 384 g/mol. The highest BCUT2D eigenvalue weighted by molar-refractivity contribution is 5.73. The Labute approximate surface area is 162 Å². The molecular weight excluding hydrogens is 364 g/mol. The number of hydrogen-bond donors (Lipinski definition) is 0. The third-order valence-electron chi connectivity index (χ3n) is 3.93. The van der Waals surface area contributed by atoms with Crippen molar-refractivity contribution < 1.29 is 28.3 Å². The molecule has 2 aromatic carbocycles. The third-order valence-corrected chi connectivity index (χ3v) is 3.93. The van der Waals surface area contributed by atoms with Crippen LogP contribution in [0.25, 0.3) is 11.4 Å². The lowest BCUT2D eigenvalue weighted by Crippen LogP contribution is -2.09. The van der Waals surface area contributed by atoms with Gasteiger partial charge in [0.05, 0.1) is 27.8 Å². The molecule has 0 amide bonds. The van der Waals surface area contributed by atoms with Gasteiger partial charge in [-0.05, 0) is 17.7 Å². The summed E-state index contributed by atoms with van der Waals surface area (Å²) in [6.07, 6.45) is 0.0242. The molecule has 0 atom stereocenters. The first kappa shape index (κ1) is 19.2. The molecule has 0 spiro atoms. The second-order valence-corrected chi connectivity index (χ2v) is 5.75. The average molecular weight is 384 g/mol. The Morgan fingerprint density at radius 1 is 1.00 bits per heavy atom. The largest absolute Gasteiger partial charge is 0.493 e. The number of benzene rings is 2. The van der Waals surface area contributed by atoms with Crippen LogP contribution in [-0.2, 0) is 22.6 Å². The Balaban J connectivity index is 1.63. The van der Waals surface area contributed by atoms with E-state index in [4.69, 9.17) is 23.5 Å². The standard InChI is InChI=1S/C20H20N2O6/c1-24-15-9-13(10-16(25-2)19(15)26-3)11-18(23)27-12-17-21-20(22-28-17)14-7-5-4-6-8-14/h4-10H,11-12H2,1-3H3. The van der Waals surface area contributed by atoms with Crippen LogP contribution in [0.1, 0.15) is 11.5 Å². The molecule has 0 aliphatic rings. The van der Waals surface area contributed by atoms with E-state index < -0.39 is 5.97 Å². The quantitative estimate of drug-likeness (QED) is 0.547. The van der Waals surface area contributed by atoms with Crippen molar-refractivity contribution >= 4 is 5.97 Å². The second-order valence-electron chi connectivity index (χ2n) is 5.75. The van der Waals surface area contributed by atoms with E-state index >= 15 is 0 Å². The number of aromatic nitrogens is 2. The molecule has 0 saturated heterocycles. The van der Waals surface area contributed by atoms with Crippen molar-refractivity contribution in [2.45, 2.75) is 13.0 Å². The fourth-order valence-corrected chi connectivity index (χ4v) is 2.62. The lowest BCUT2D eigenvalue weighted by molar-refractivity contribution is -0.144. The minimum atomic E-state index is -0.450. The number of ether oxygens (including phenoxy) is 4. The molecule has 146 valence electrons. The van der Waals surface area contributed by atoms with Crippen LogP contribution in [0, 0.1) is 0 Å². The van der Waals surface area contributed by atoms with Crippen LogP contribution in [0.5, 0.6) is 17.2 Å². The van der Waals surface area contributed by atoms with Gasteiger partial charge in [-0.3, -0.25) is 4.79 Å². The molecule has 0 unspecified atom stereocenters. The molecule has 8 heteroatoms. The van der Waals surface area contributed by atoms with Gasteiger partial charge in [0, 0.05) is 5.56 Å². The lowest BCUT2D eigenvalue weighted by atomic mass is 10.1. The van der Waals surface area contributed by atoms with Crippen LogP contribution < -0.4 is 14.2 Å². The number of carbonyl (C=O) groups excluding carboxylic acids is 1. The van der Waals surface area contributed by atoms with Gasteiger partial charge in [-0.25, -0.2) is 0 Å². The predicted molar refractivity (Wildman–Crippen MR) is 99.3 cm³/mol. The van der Waals surface area contributed by atoms with Crippen molar-refractivity contribution in [1.82, 2.24) is 10.1 Å². The minimum absolute atomic E-state index is 0.0242. The molecule has 3 rings (SSSR count). The smallest absolute Gasteiger partial charge is 0.310 e. The van der Waals surface area contributed by atoms with Crippen molar-refractivity contribution in [3.63, 3.8) is 0 Å². The van der Waals surface area contributed by atoms with E-state index in [1.165, 1.54) is 21.3 Å². The first-order valence-corrected chi connectivity index (χ1v) is 8.47. The topological polar surface area (TPSA) is 92.9 Å². The van der Waals surface area contributed by atoms with Gasteiger partial charge in [-0.1, -0.05) is 35.5 Å². The first-order valence-electron chi connectivity index (χ1n) is 8.47. The van der Waals surface area contributed by atoms with Gasteiger partial charge >= 0.3 is 5.97 Å². The Morgan fingerprint density at radius 2 is 1.68 bits per heavy atom. The maximum Gasteiger partial charge on any atom is 0.310 e. The average Bonchev–Trinajstić information content (AvgIpc) is 3.21. The predicted octanol–water partition coefficient (Wildman–Crippen LogP) is 3.05. The zero-order valence-electron chi connectivity index (χ0n) is 15.8. The Hall–Kier alpha value is -3.55. The summed E-state index contributed by atoms with van der Waals surface area (Å²) in [6.45, 7) is -0.108. The zero-order valence-corrected chi connectivity index (χ0v) is 15.8. The van der Waals surface area contributed by atoms with E-state index in [0.717, 1.165) is 5.56 Å². The molecule has 0 aliphatic heterocycles. The summed E-state index contributed by atoms with van der Waals surface area (Å²) in [7, 11) is 4.54. The Bertz CT molecular complexity index is 914. The number of carbonyl (C=O) groups is 1. The number of methoxy groups -OCH3 is 3. The van der Waals surface area contributed by atoms with E-state index in [0.29, 0.717) is 28.6 Å². The summed E-state index contributed by atoms with van der Waals surface area (Å²) >= 11 is 0. The third kappa shape index (κ3) is 4.40.